The van der Waals surface area contributed by atoms with Crippen molar-refractivity contribution in [2.45, 2.75) is 119 Å². The smallest absolute Gasteiger partial charge is 0.281 e. The summed E-state index contributed by atoms with van der Waals surface area (Å²) in [4.78, 5) is 59.3. The summed E-state index contributed by atoms with van der Waals surface area (Å²) >= 11 is 0. The van der Waals surface area contributed by atoms with Gasteiger partial charge in [-0.15, -0.1) is 20.4 Å². The molecule has 63 heavy (non-hydrogen) atoms. The van der Waals surface area contributed by atoms with Crippen LogP contribution >= 0.6 is 0 Å². The average molecular weight is 868 g/mol. The SMILES string of the molecule is Cc1nonc1Cn1nc2nc(C(C)(C)C)[nH]c(=O)c2n1.Cc1nonc1Cn1nnc2c(=O)[nH]c(C(C)(C)C)nc21.Cc1nonc1Cn1nnc2nc(C(C)(C)C)[nH]c(=O)c21. The first-order chi connectivity index (χ1) is 29.6. The Labute approximate surface area is 354 Å². The highest BCUT2D eigenvalue weighted by molar-refractivity contribution is 5.69. The van der Waals surface area contributed by atoms with Gasteiger partial charge in [0.25, 0.3) is 16.7 Å². The number of hydrogen-bond acceptors (Lipinski definition) is 21. The molecule has 0 unspecified atom stereocenters. The van der Waals surface area contributed by atoms with Crippen molar-refractivity contribution in [3.05, 3.63) is 82.7 Å². The van der Waals surface area contributed by atoms with Crippen LogP contribution in [-0.2, 0) is 35.9 Å². The van der Waals surface area contributed by atoms with E-state index in [2.05, 4.69) is 106 Å². The molecule has 3 N–H and O–H groups in total. The molecular weight excluding hydrogens is 823 g/mol. The van der Waals surface area contributed by atoms with Gasteiger partial charge in [-0.1, -0.05) is 104 Å². The minimum atomic E-state index is -0.300. The Morgan fingerprint density at radius 2 is 0.937 bits per heavy atom. The summed E-state index contributed by atoms with van der Waals surface area (Å²) < 4.78 is 16.9. The van der Waals surface area contributed by atoms with Gasteiger partial charge in [0.05, 0.1) is 13.1 Å². The normalized spacial score (nSPS) is 12.2. The maximum absolute atomic E-state index is 12.3. The highest BCUT2D eigenvalue weighted by Gasteiger charge is 2.24. The molecule has 0 aliphatic carbocycles. The molecule has 9 heterocycles. The second-order valence-corrected chi connectivity index (χ2v) is 17.6. The lowest BCUT2D eigenvalue weighted by Gasteiger charge is -2.16. The fourth-order valence-corrected chi connectivity index (χ4v) is 5.58. The van der Waals surface area contributed by atoms with Crippen molar-refractivity contribution >= 4 is 33.5 Å². The molecule has 0 saturated heterocycles. The van der Waals surface area contributed by atoms with Crippen molar-refractivity contribution in [3.8, 4) is 0 Å². The molecule has 0 amide bonds. The van der Waals surface area contributed by atoms with E-state index in [-0.39, 0.29) is 57.0 Å². The maximum Gasteiger partial charge on any atom is 0.281 e. The van der Waals surface area contributed by atoms with Crippen LogP contribution in [0.2, 0.25) is 0 Å². The molecule has 0 saturated carbocycles. The monoisotopic (exact) mass is 867 g/mol. The fraction of sp³-hybridized carbons (Fsp3) is 0.500. The van der Waals surface area contributed by atoms with Crippen LogP contribution in [0.25, 0.3) is 33.5 Å². The van der Waals surface area contributed by atoms with Crippen LogP contribution < -0.4 is 16.7 Å². The van der Waals surface area contributed by atoms with Gasteiger partial charge in [0.15, 0.2) is 22.2 Å². The molecule has 0 spiro atoms. The van der Waals surface area contributed by atoms with E-state index in [9.17, 15) is 14.4 Å². The summed E-state index contributed by atoms with van der Waals surface area (Å²) in [5.41, 5.74) is 3.89. The third-order valence-electron chi connectivity index (χ3n) is 9.32. The van der Waals surface area contributed by atoms with Crippen molar-refractivity contribution < 1.29 is 13.9 Å². The molecule has 9 aromatic heterocycles. The Morgan fingerprint density at radius 1 is 0.492 bits per heavy atom. The zero-order chi connectivity index (χ0) is 45.6. The zero-order valence-corrected chi connectivity index (χ0v) is 36.6. The maximum atomic E-state index is 12.3. The molecule has 27 nitrogen and oxygen atoms in total. The number of aromatic amines is 3. The van der Waals surface area contributed by atoms with Crippen LogP contribution in [0.5, 0.6) is 0 Å². The van der Waals surface area contributed by atoms with Gasteiger partial charge >= 0.3 is 0 Å². The van der Waals surface area contributed by atoms with Gasteiger partial charge in [0, 0.05) is 16.2 Å². The lowest BCUT2D eigenvalue weighted by molar-refractivity contribution is 0.299. The predicted octanol–water partition coefficient (Wildman–Crippen LogP) is 1.66. The topological polar surface area (TPSA) is 346 Å². The van der Waals surface area contributed by atoms with Gasteiger partial charge < -0.3 is 15.0 Å². The molecule has 330 valence electrons. The third-order valence-corrected chi connectivity index (χ3v) is 9.32. The Morgan fingerprint density at radius 3 is 1.44 bits per heavy atom. The number of rotatable bonds is 6. The second-order valence-electron chi connectivity index (χ2n) is 17.6. The lowest BCUT2D eigenvalue weighted by Crippen LogP contribution is -2.23. The largest absolute Gasteiger partial charge is 0.308 e. The van der Waals surface area contributed by atoms with Crippen LogP contribution in [-0.4, -0.2) is 106 Å². The Bertz CT molecular complexity index is 3200. The first-order valence-electron chi connectivity index (χ1n) is 19.4. The molecule has 9 aromatic rings. The number of fused-ring (bicyclic) bond motifs is 3. The van der Waals surface area contributed by atoms with E-state index in [0.717, 1.165) is 0 Å². The third kappa shape index (κ3) is 9.30. The number of aromatic nitrogens is 21. The van der Waals surface area contributed by atoms with E-state index >= 15 is 0 Å². The van der Waals surface area contributed by atoms with Gasteiger partial charge in [0.2, 0.25) is 11.3 Å². The highest BCUT2D eigenvalue weighted by atomic mass is 16.6. The van der Waals surface area contributed by atoms with Crippen molar-refractivity contribution in [1.29, 1.82) is 0 Å². The van der Waals surface area contributed by atoms with Gasteiger partial charge in [-0.2, -0.15) is 4.80 Å². The highest BCUT2D eigenvalue weighted by Crippen LogP contribution is 2.20. The predicted molar refractivity (Wildman–Crippen MR) is 218 cm³/mol. The van der Waals surface area contributed by atoms with E-state index in [0.29, 0.717) is 80.6 Å². The summed E-state index contributed by atoms with van der Waals surface area (Å²) in [6, 6.07) is 0. The van der Waals surface area contributed by atoms with Crippen LogP contribution in [0, 0.1) is 20.8 Å². The number of aryl methyl sites for hydroxylation is 3. The standard InChI is InChI=1S/3C12H15N7O2/c1-6-7(17-21-16-6)5-19-8-9(15-18-19)13-11(12(2,3)4)14-10(8)20;1-6-7(18-21-17-6)5-19-15-8-9(16-19)13-11(12(2,3)4)14-10(8)20;1-6-7(17-21-16-6)5-19-9-8(15-18-19)10(20)14-11(13-9)12(2,3)4/h5H2,1-4H3,(H,13,14,20);5H2,1-4H3,(H,13,14,16,20);5H2,1-4H3,(H,13,14,20). The lowest BCUT2D eigenvalue weighted by atomic mass is 9.96. The minimum Gasteiger partial charge on any atom is -0.308 e. The molecule has 27 heteroatoms. The quantitative estimate of drug-likeness (QED) is 0.214. The molecule has 0 fully saturated rings. The first-order valence-corrected chi connectivity index (χ1v) is 19.4. The van der Waals surface area contributed by atoms with Crippen molar-refractivity contribution in [3.63, 3.8) is 0 Å². The Balaban J connectivity index is 0.000000142. The van der Waals surface area contributed by atoms with Crippen LogP contribution in [0.1, 0.15) is 114 Å². The first kappa shape index (κ1) is 43.4. The molecule has 0 atom stereocenters. The van der Waals surface area contributed by atoms with Gasteiger partial charge in [-0.05, 0) is 20.8 Å². The summed E-state index contributed by atoms with van der Waals surface area (Å²) in [5, 5.41) is 46.6. The van der Waals surface area contributed by atoms with Crippen molar-refractivity contribution in [1.82, 2.24) is 106 Å². The average Bonchev–Trinajstić information content (AvgIpc) is 4.06. The fourth-order valence-electron chi connectivity index (χ4n) is 5.58. The number of nitrogens with one attached hydrogen (secondary N) is 3. The van der Waals surface area contributed by atoms with Gasteiger partial charge in [-0.3, -0.25) is 14.4 Å². The van der Waals surface area contributed by atoms with Crippen LogP contribution in [0.3, 0.4) is 0 Å². The van der Waals surface area contributed by atoms with Crippen molar-refractivity contribution in [2.75, 3.05) is 0 Å². The van der Waals surface area contributed by atoms with Crippen LogP contribution in [0.4, 0.5) is 0 Å². The summed E-state index contributed by atoms with van der Waals surface area (Å²) in [6.07, 6.45) is 0. The summed E-state index contributed by atoms with van der Waals surface area (Å²) in [5.74, 6) is 1.73. The van der Waals surface area contributed by atoms with E-state index < -0.39 is 0 Å². The van der Waals surface area contributed by atoms with E-state index in [1.807, 2.05) is 62.3 Å². The molecule has 0 aromatic carbocycles. The molecule has 0 aliphatic heterocycles. The molecule has 0 bridgehead atoms. The molecule has 0 aliphatic rings. The summed E-state index contributed by atoms with van der Waals surface area (Å²) in [7, 11) is 0. The van der Waals surface area contributed by atoms with Crippen LogP contribution in [0.15, 0.2) is 28.3 Å². The molecular formula is C36H45N21O6. The Kier molecular flexibility index (Phi) is 11.2. The van der Waals surface area contributed by atoms with Crippen molar-refractivity contribution in [2.24, 2.45) is 0 Å². The minimum absolute atomic E-state index is 0.206. The van der Waals surface area contributed by atoms with E-state index in [4.69, 9.17) is 0 Å². The summed E-state index contributed by atoms with van der Waals surface area (Å²) in [6.45, 7) is 23.8. The number of nitrogens with zero attached hydrogens (tertiary/aromatic N) is 18. The Hall–Kier alpha value is -7.74. The van der Waals surface area contributed by atoms with Gasteiger partial charge in [0.1, 0.15) is 58.2 Å². The van der Waals surface area contributed by atoms with Gasteiger partial charge in [-0.25, -0.2) is 38.2 Å². The number of hydrogen-bond donors (Lipinski definition) is 3. The molecule has 9 rings (SSSR count). The number of H-pyrrole nitrogens is 3. The van der Waals surface area contributed by atoms with E-state index in [1.165, 1.54) is 14.2 Å². The van der Waals surface area contributed by atoms with E-state index in [1.54, 1.807) is 20.8 Å². The second kappa shape index (κ2) is 16.3. The molecule has 0 radical (unpaired) electrons. The zero-order valence-electron chi connectivity index (χ0n) is 36.6.